The zero-order chi connectivity index (χ0) is 10.8. The second-order valence-corrected chi connectivity index (χ2v) is 3.04. The summed E-state index contributed by atoms with van der Waals surface area (Å²) in [6, 6.07) is 4.90. The molecule has 0 unspecified atom stereocenters. The number of hydrogen-bond acceptors (Lipinski definition) is 3. The molecule has 0 amide bonds. The van der Waals surface area contributed by atoms with E-state index in [1.165, 1.54) is 12.3 Å². The number of carbonyl (C=O) groups is 1. The average Bonchev–Trinajstić information content (AvgIpc) is 2.27. The maximum Gasteiger partial charge on any atom is 0.336 e. The predicted molar refractivity (Wildman–Crippen MR) is 55.3 cm³/mol. The van der Waals surface area contributed by atoms with Crippen LogP contribution in [0.5, 0.6) is 5.75 Å². The van der Waals surface area contributed by atoms with Gasteiger partial charge in [-0.1, -0.05) is 0 Å². The minimum absolute atomic E-state index is 0.235. The van der Waals surface area contributed by atoms with Gasteiger partial charge in [-0.2, -0.15) is 0 Å². The summed E-state index contributed by atoms with van der Waals surface area (Å²) in [5.41, 5.74) is 0.235. The van der Waals surface area contributed by atoms with Crippen molar-refractivity contribution in [1.29, 1.82) is 0 Å². The molecular weight excluding hydrogens is 194 g/mol. The predicted octanol–water partition coefficient (Wildman–Crippen LogP) is 1.94. The molecular formula is C11H9NO3. The summed E-state index contributed by atoms with van der Waals surface area (Å²) in [7, 11) is 1.55. The number of carboxylic acid groups (broad SMARTS) is 1. The molecule has 0 aliphatic rings. The third-order valence-electron chi connectivity index (χ3n) is 2.23. The van der Waals surface area contributed by atoms with E-state index in [0.717, 1.165) is 5.39 Å². The van der Waals surface area contributed by atoms with Gasteiger partial charge in [-0.15, -0.1) is 0 Å². The first-order valence-electron chi connectivity index (χ1n) is 4.38. The maximum absolute atomic E-state index is 10.9. The number of aromatic carboxylic acids is 1. The Morgan fingerprint density at radius 3 is 2.80 bits per heavy atom. The van der Waals surface area contributed by atoms with Crippen LogP contribution in [0.4, 0.5) is 0 Å². The molecule has 0 spiro atoms. The number of pyridine rings is 1. The van der Waals surface area contributed by atoms with Gasteiger partial charge >= 0.3 is 5.97 Å². The van der Waals surface area contributed by atoms with E-state index in [-0.39, 0.29) is 5.56 Å². The highest BCUT2D eigenvalue weighted by Gasteiger charge is 2.11. The van der Waals surface area contributed by atoms with Crippen molar-refractivity contribution in [2.75, 3.05) is 7.11 Å². The molecule has 1 N–H and O–H groups in total. The highest BCUT2D eigenvalue weighted by atomic mass is 16.5. The van der Waals surface area contributed by atoms with Gasteiger partial charge in [0, 0.05) is 23.2 Å². The second kappa shape index (κ2) is 3.57. The highest BCUT2D eigenvalue weighted by molar-refractivity contribution is 6.05. The number of nitrogens with zero attached hydrogens (tertiary/aromatic N) is 1. The fourth-order valence-electron chi connectivity index (χ4n) is 1.53. The summed E-state index contributed by atoms with van der Waals surface area (Å²) in [6.07, 6.45) is 3.14. The quantitative estimate of drug-likeness (QED) is 0.810. The van der Waals surface area contributed by atoms with E-state index in [1.54, 1.807) is 25.4 Å². The average molecular weight is 203 g/mol. The fraction of sp³-hybridized carbons (Fsp3) is 0.0909. The van der Waals surface area contributed by atoms with E-state index in [4.69, 9.17) is 9.84 Å². The molecule has 2 rings (SSSR count). The van der Waals surface area contributed by atoms with Gasteiger partial charge in [0.15, 0.2) is 0 Å². The van der Waals surface area contributed by atoms with Crippen LogP contribution in [0.3, 0.4) is 0 Å². The fourth-order valence-corrected chi connectivity index (χ4v) is 1.53. The molecule has 0 radical (unpaired) electrons. The van der Waals surface area contributed by atoms with Crippen LogP contribution in [0, 0.1) is 0 Å². The van der Waals surface area contributed by atoms with Crippen molar-refractivity contribution in [2.24, 2.45) is 0 Å². The van der Waals surface area contributed by atoms with Gasteiger partial charge in [-0.25, -0.2) is 4.79 Å². The Hall–Kier alpha value is -2.10. The number of methoxy groups -OCH3 is 1. The SMILES string of the molecule is COc1ccc(C(=O)O)c2cnccc12. The molecule has 0 saturated carbocycles. The van der Waals surface area contributed by atoms with Gasteiger partial charge in [0.1, 0.15) is 5.75 Å². The number of hydrogen-bond donors (Lipinski definition) is 1. The van der Waals surface area contributed by atoms with Gasteiger partial charge in [0.05, 0.1) is 12.7 Å². The Bertz CT molecular complexity index is 522. The molecule has 0 aliphatic carbocycles. The largest absolute Gasteiger partial charge is 0.496 e. The number of rotatable bonds is 2. The van der Waals surface area contributed by atoms with Crippen LogP contribution < -0.4 is 4.74 Å². The lowest BCUT2D eigenvalue weighted by Crippen LogP contribution is -1.98. The second-order valence-electron chi connectivity index (χ2n) is 3.04. The van der Waals surface area contributed by atoms with Gasteiger partial charge in [0.25, 0.3) is 0 Å². The van der Waals surface area contributed by atoms with Crippen LogP contribution in [0.2, 0.25) is 0 Å². The molecule has 2 aromatic rings. The first kappa shape index (κ1) is 9.45. The summed E-state index contributed by atoms with van der Waals surface area (Å²) in [5, 5.41) is 10.3. The summed E-state index contributed by atoms with van der Waals surface area (Å²) >= 11 is 0. The lowest BCUT2D eigenvalue weighted by molar-refractivity contribution is 0.0699. The number of ether oxygens (including phenoxy) is 1. The van der Waals surface area contributed by atoms with Crippen LogP contribution in [-0.2, 0) is 0 Å². The first-order valence-corrected chi connectivity index (χ1v) is 4.38. The normalized spacial score (nSPS) is 10.2. The Kier molecular flexibility index (Phi) is 2.25. The zero-order valence-electron chi connectivity index (χ0n) is 8.10. The van der Waals surface area contributed by atoms with Crippen molar-refractivity contribution in [1.82, 2.24) is 4.98 Å². The molecule has 15 heavy (non-hydrogen) atoms. The zero-order valence-corrected chi connectivity index (χ0v) is 8.10. The van der Waals surface area contributed by atoms with E-state index in [9.17, 15) is 4.79 Å². The Morgan fingerprint density at radius 1 is 1.33 bits per heavy atom. The van der Waals surface area contributed by atoms with Crippen LogP contribution in [0.25, 0.3) is 10.8 Å². The minimum Gasteiger partial charge on any atom is -0.496 e. The molecule has 4 heteroatoms. The van der Waals surface area contributed by atoms with Crippen LogP contribution in [0.1, 0.15) is 10.4 Å². The summed E-state index contributed by atoms with van der Waals surface area (Å²) in [6.45, 7) is 0. The van der Waals surface area contributed by atoms with Crippen LogP contribution in [0.15, 0.2) is 30.6 Å². The molecule has 1 aromatic heterocycles. The van der Waals surface area contributed by atoms with E-state index in [0.29, 0.717) is 11.1 Å². The van der Waals surface area contributed by atoms with Crippen molar-refractivity contribution in [3.8, 4) is 5.75 Å². The molecule has 0 saturated heterocycles. The molecule has 0 aliphatic heterocycles. The van der Waals surface area contributed by atoms with E-state index < -0.39 is 5.97 Å². The Morgan fingerprint density at radius 2 is 2.13 bits per heavy atom. The van der Waals surface area contributed by atoms with Crippen molar-refractivity contribution in [2.45, 2.75) is 0 Å². The maximum atomic E-state index is 10.9. The Labute approximate surface area is 86.1 Å². The van der Waals surface area contributed by atoms with Crippen molar-refractivity contribution in [3.05, 3.63) is 36.2 Å². The lowest BCUT2D eigenvalue weighted by atomic mass is 10.1. The summed E-state index contributed by atoms with van der Waals surface area (Å²) in [5.74, 6) is -0.312. The van der Waals surface area contributed by atoms with Gasteiger partial charge in [0.2, 0.25) is 0 Å². The third-order valence-corrected chi connectivity index (χ3v) is 2.23. The standard InChI is InChI=1S/C11H9NO3/c1-15-10-3-2-8(11(13)14)9-6-12-5-4-7(9)10/h2-6H,1H3,(H,13,14). The first-order chi connectivity index (χ1) is 7.24. The van der Waals surface area contributed by atoms with Crippen molar-refractivity contribution >= 4 is 16.7 Å². The molecule has 0 atom stereocenters. The topological polar surface area (TPSA) is 59.4 Å². The third kappa shape index (κ3) is 1.50. The summed E-state index contributed by atoms with van der Waals surface area (Å²) in [4.78, 5) is 14.9. The number of carboxylic acids is 1. The van der Waals surface area contributed by atoms with Gasteiger partial charge in [-0.3, -0.25) is 4.98 Å². The van der Waals surface area contributed by atoms with Crippen molar-refractivity contribution < 1.29 is 14.6 Å². The molecule has 0 bridgehead atoms. The van der Waals surface area contributed by atoms with Crippen molar-refractivity contribution in [3.63, 3.8) is 0 Å². The molecule has 76 valence electrons. The molecule has 4 nitrogen and oxygen atoms in total. The highest BCUT2D eigenvalue weighted by Crippen LogP contribution is 2.27. The summed E-state index contributed by atoms with van der Waals surface area (Å²) < 4.78 is 5.14. The molecule has 0 fully saturated rings. The molecule has 1 aromatic carbocycles. The van der Waals surface area contributed by atoms with Gasteiger partial charge < -0.3 is 9.84 Å². The molecule has 1 heterocycles. The lowest BCUT2D eigenvalue weighted by Gasteiger charge is -2.06. The van der Waals surface area contributed by atoms with E-state index in [1.807, 2.05) is 0 Å². The Balaban J connectivity index is 2.83. The van der Waals surface area contributed by atoms with Gasteiger partial charge in [-0.05, 0) is 18.2 Å². The van der Waals surface area contributed by atoms with Crippen LogP contribution >= 0.6 is 0 Å². The number of aromatic nitrogens is 1. The van der Waals surface area contributed by atoms with E-state index in [2.05, 4.69) is 4.98 Å². The smallest absolute Gasteiger partial charge is 0.336 e. The van der Waals surface area contributed by atoms with E-state index >= 15 is 0 Å². The van der Waals surface area contributed by atoms with Crippen LogP contribution in [-0.4, -0.2) is 23.2 Å². The number of benzene rings is 1. The monoisotopic (exact) mass is 203 g/mol. The number of fused-ring (bicyclic) bond motifs is 1. The minimum atomic E-state index is -0.962.